The lowest BCUT2D eigenvalue weighted by molar-refractivity contribution is 0.617. The molecular weight excluding hydrogens is 335 g/mol. The van der Waals surface area contributed by atoms with E-state index in [2.05, 4.69) is 25.9 Å². The number of fused-ring (bicyclic) bond motifs is 1. The standard InChI is InChI=1S/C15H14BrFN4/c1-7-8(2)21(12-5-4-10(16)6-11(12)17)15-13(7)14(18)19-9(3)20-15/h4-6H,1-3H3,(H2,18,19,20). The van der Waals surface area contributed by atoms with E-state index in [-0.39, 0.29) is 5.82 Å². The van der Waals surface area contributed by atoms with Gasteiger partial charge in [-0.2, -0.15) is 0 Å². The zero-order valence-electron chi connectivity index (χ0n) is 11.9. The number of anilines is 1. The van der Waals surface area contributed by atoms with E-state index in [9.17, 15) is 4.39 Å². The highest BCUT2D eigenvalue weighted by atomic mass is 79.9. The van der Waals surface area contributed by atoms with Crippen molar-refractivity contribution in [1.29, 1.82) is 0 Å². The fourth-order valence-electron chi connectivity index (χ4n) is 2.57. The minimum atomic E-state index is -0.320. The van der Waals surface area contributed by atoms with Crippen molar-refractivity contribution in [2.45, 2.75) is 20.8 Å². The average molecular weight is 349 g/mol. The molecule has 0 atom stereocenters. The van der Waals surface area contributed by atoms with Crippen molar-refractivity contribution in [2.75, 3.05) is 5.73 Å². The van der Waals surface area contributed by atoms with Crippen molar-refractivity contribution in [3.05, 3.63) is 45.6 Å². The first-order chi connectivity index (χ1) is 9.90. The van der Waals surface area contributed by atoms with Gasteiger partial charge in [-0.05, 0) is 44.5 Å². The number of hydrogen-bond donors (Lipinski definition) is 1. The molecule has 0 saturated carbocycles. The molecule has 0 radical (unpaired) electrons. The molecule has 0 fully saturated rings. The summed E-state index contributed by atoms with van der Waals surface area (Å²) in [6.45, 7) is 5.64. The number of halogens is 2. The zero-order valence-corrected chi connectivity index (χ0v) is 13.5. The van der Waals surface area contributed by atoms with Gasteiger partial charge in [0.05, 0.1) is 11.1 Å². The first kappa shape index (κ1) is 14.0. The van der Waals surface area contributed by atoms with Crippen molar-refractivity contribution in [2.24, 2.45) is 0 Å². The van der Waals surface area contributed by atoms with Crippen molar-refractivity contribution in [3.8, 4) is 5.69 Å². The second-order valence-electron chi connectivity index (χ2n) is 5.00. The van der Waals surface area contributed by atoms with E-state index >= 15 is 0 Å². The lowest BCUT2D eigenvalue weighted by Crippen LogP contribution is -2.03. The summed E-state index contributed by atoms with van der Waals surface area (Å²) >= 11 is 3.27. The third-order valence-electron chi connectivity index (χ3n) is 3.65. The fraction of sp³-hybridized carbons (Fsp3) is 0.200. The molecule has 2 heterocycles. The van der Waals surface area contributed by atoms with Crippen molar-refractivity contribution < 1.29 is 4.39 Å². The molecular formula is C15H14BrFN4. The Kier molecular flexibility index (Phi) is 3.20. The minimum Gasteiger partial charge on any atom is -0.383 e. The number of benzene rings is 1. The fourth-order valence-corrected chi connectivity index (χ4v) is 2.90. The van der Waals surface area contributed by atoms with Crippen molar-refractivity contribution in [1.82, 2.24) is 14.5 Å². The number of nitrogens with zero attached hydrogens (tertiary/aromatic N) is 3. The maximum atomic E-state index is 14.3. The Balaban J connectivity index is 2.45. The summed E-state index contributed by atoms with van der Waals surface area (Å²) in [6, 6.07) is 4.96. The number of aromatic nitrogens is 3. The van der Waals surface area contributed by atoms with Crippen LogP contribution in [0.4, 0.5) is 10.2 Å². The normalized spacial score (nSPS) is 11.3. The van der Waals surface area contributed by atoms with Crippen LogP contribution >= 0.6 is 15.9 Å². The molecule has 0 aliphatic rings. The van der Waals surface area contributed by atoms with Crippen LogP contribution < -0.4 is 5.73 Å². The highest BCUT2D eigenvalue weighted by Gasteiger charge is 2.19. The number of nitrogens with two attached hydrogens (primary N) is 1. The maximum Gasteiger partial charge on any atom is 0.150 e. The zero-order chi connectivity index (χ0) is 15.3. The van der Waals surface area contributed by atoms with Crippen LogP contribution in [0.3, 0.4) is 0 Å². The summed E-state index contributed by atoms with van der Waals surface area (Å²) in [7, 11) is 0. The Morgan fingerprint density at radius 2 is 1.90 bits per heavy atom. The maximum absolute atomic E-state index is 14.3. The van der Waals surface area contributed by atoms with E-state index in [0.717, 1.165) is 16.6 Å². The van der Waals surface area contributed by atoms with Crippen LogP contribution in [-0.2, 0) is 0 Å². The van der Waals surface area contributed by atoms with Crippen molar-refractivity contribution >= 4 is 32.8 Å². The van der Waals surface area contributed by atoms with Gasteiger partial charge in [-0.25, -0.2) is 14.4 Å². The number of rotatable bonds is 1. The highest BCUT2D eigenvalue weighted by Crippen LogP contribution is 2.31. The van der Waals surface area contributed by atoms with Crippen molar-refractivity contribution in [3.63, 3.8) is 0 Å². The molecule has 3 rings (SSSR count). The summed E-state index contributed by atoms with van der Waals surface area (Å²) in [5, 5.41) is 0.778. The number of hydrogen-bond acceptors (Lipinski definition) is 3. The Morgan fingerprint density at radius 3 is 2.57 bits per heavy atom. The molecule has 6 heteroatoms. The molecule has 2 N–H and O–H groups in total. The number of aryl methyl sites for hydroxylation is 2. The first-order valence-corrected chi connectivity index (χ1v) is 7.26. The van der Waals surface area contributed by atoms with Gasteiger partial charge in [0.15, 0.2) is 5.65 Å². The average Bonchev–Trinajstić information content (AvgIpc) is 2.63. The molecule has 3 aromatic rings. The van der Waals surface area contributed by atoms with Crippen LogP contribution in [-0.4, -0.2) is 14.5 Å². The molecule has 0 unspecified atom stereocenters. The van der Waals surface area contributed by atoms with Crippen LogP contribution in [0.2, 0.25) is 0 Å². The smallest absolute Gasteiger partial charge is 0.150 e. The molecule has 21 heavy (non-hydrogen) atoms. The van der Waals surface area contributed by atoms with Gasteiger partial charge < -0.3 is 5.73 Å². The molecule has 108 valence electrons. The van der Waals surface area contributed by atoms with Gasteiger partial charge >= 0.3 is 0 Å². The Hall–Kier alpha value is -1.95. The van der Waals surface area contributed by atoms with Crippen LogP contribution in [0.1, 0.15) is 17.1 Å². The van der Waals surface area contributed by atoms with Gasteiger partial charge in [-0.1, -0.05) is 15.9 Å². The summed E-state index contributed by atoms with van der Waals surface area (Å²) in [5.41, 5.74) is 8.96. The SMILES string of the molecule is Cc1nc(N)c2c(C)c(C)n(-c3ccc(Br)cc3F)c2n1. The van der Waals surface area contributed by atoms with Crippen LogP contribution in [0.5, 0.6) is 0 Å². The molecule has 0 saturated heterocycles. The molecule has 0 aliphatic carbocycles. The number of nitrogen functional groups attached to an aromatic ring is 1. The summed E-state index contributed by atoms with van der Waals surface area (Å²) in [5.74, 6) is 0.671. The molecule has 2 aromatic heterocycles. The minimum absolute atomic E-state index is 0.320. The predicted octanol–water partition coefficient (Wildman–Crippen LogP) is 3.83. The molecule has 0 bridgehead atoms. The molecule has 0 spiro atoms. The van der Waals surface area contributed by atoms with Gasteiger partial charge in [0.1, 0.15) is 17.5 Å². The predicted molar refractivity (Wildman–Crippen MR) is 85.1 cm³/mol. The highest BCUT2D eigenvalue weighted by molar-refractivity contribution is 9.10. The van der Waals surface area contributed by atoms with Gasteiger partial charge in [0, 0.05) is 10.2 Å². The lowest BCUT2D eigenvalue weighted by atomic mass is 10.2. The van der Waals surface area contributed by atoms with E-state index < -0.39 is 0 Å². The Morgan fingerprint density at radius 1 is 1.19 bits per heavy atom. The van der Waals surface area contributed by atoms with Crippen LogP contribution in [0.25, 0.3) is 16.7 Å². The summed E-state index contributed by atoms with van der Waals surface area (Å²) < 4.78 is 16.8. The second kappa shape index (κ2) is 4.80. The Bertz CT molecular complexity index is 870. The Labute approximate surface area is 129 Å². The third kappa shape index (κ3) is 2.10. The molecule has 0 aliphatic heterocycles. The van der Waals surface area contributed by atoms with E-state index in [4.69, 9.17) is 5.73 Å². The van der Waals surface area contributed by atoms with Crippen LogP contribution in [0.15, 0.2) is 22.7 Å². The molecule has 1 aromatic carbocycles. The summed E-state index contributed by atoms with van der Waals surface area (Å²) in [6.07, 6.45) is 0. The molecule has 4 nitrogen and oxygen atoms in total. The molecule has 0 amide bonds. The van der Waals surface area contributed by atoms with Gasteiger partial charge in [0.2, 0.25) is 0 Å². The van der Waals surface area contributed by atoms with Gasteiger partial charge in [-0.3, -0.25) is 4.57 Å². The van der Waals surface area contributed by atoms with E-state index in [0.29, 0.717) is 27.4 Å². The first-order valence-electron chi connectivity index (χ1n) is 6.47. The second-order valence-corrected chi connectivity index (χ2v) is 5.91. The largest absolute Gasteiger partial charge is 0.383 e. The monoisotopic (exact) mass is 348 g/mol. The van der Waals surface area contributed by atoms with Crippen LogP contribution in [0, 0.1) is 26.6 Å². The quantitative estimate of drug-likeness (QED) is 0.726. The van der Waals surface area contributed by atoms with E-state index in [1.807, 2.05) is 13.8 Å². The topological polar surface area (TPSA) is 56.7 Å². The third-order valence-corrected chi connectivity index (χ3v) is 4.14. The summed E-state index contributed by atoms with van der Waals surface area (Å²) in [4.78, 5) is 8.65. The van der Waals surface area contributed by atoms with Gasteiger partial charge in [-0.15, -0.1) is 0 Å². The van der Waals surface area contributed by atoms with E-state index in [1.165, 1.54) is 6.07 Å². The lowest BCUT2D eigenvalue weighted by Gasteiger charge is -2.10. The van der Waals surface area contributed by atoms with Gasteiger partial charge in [0.25, 0.3) is 0 Å². The van der Waals surface area contributed by atoms with E-state index in [1.54, 1.807) is 23.6 Å².